The van der Waals surface area contributed by atoms with Gasteiger partial charge in [0.1, 0.15) is 0 Å². The van der Waals surface area contributed by atoms with Crippen LogP contribution < -0.4 is 0 Å². The van der Waals surface area contributed by atoms with Gasteiger partial charge in [0, 0.05) is 5.38 Å². The molecule has 0 N–H and O–H groups in total. The molecule has 58 valence electrons. The second kappa shape index (κ2) is 3.49. The molecule has 0 aliphatic rings. The van der Waals surface area contributed by atoms with E-state index in [-0.39, 0.29) is 0 Å². The first-order chi connectivity index (χ1) is 5.27. The predicted octanol–water partition coefficient (Wildman–Crippen LogP) is 3.04. The van der Waals surface area contributed by atoms with Crippen molar-refractivity contribution in [2.24, 2.45) is 0 Å². The van der Waals surface area contributed by atoms with Crippen LogP contribution in [0.25, 0.3) is 5.57 Å². The van der Waals surface area contributed by atoms with Gasteiger partial charge in [-0.15, -0.1) is 11.3 Å². The smallest absolute Gasteiger partial charge is 0.0901 e. The maximum atomic E-state index is 4.33. The average Bonchev–Trinajstić information content (AvgIpc) is 2.39. The molecule has 0 atom stereocenters. The van der Waals surface area contributed by atoms with Crippen LogP contribution in [0, 0.1) is 6.92 Å². The Balaban J connectivity index is 3.00. The normalized spacial score (nSPS) is 11.6. The van der Waals surface area contributed by atoms with E-state index in [9.17, 15) is 0 Å². The van der Waals surface area contributed by atoms with Crippen molar-refractivity contribution in [3.8, 4) is 0 Å². The van der Waals surface area contributed by atoms with Gasteiger partial charge in [-0.25, -0.2) is 4.98 Å². The van der Waals surface area contributed by atoms with E-state index >= 15 is 0 Å². The van der Waals surface area contributed by atoms with Crippen LogP contribution in [0.15, 0.2) is 24.1 Å². The summed E-state index contributed by atoms with van der Waals surface area (Å²) in [7, 11) is 0. The number of thiazole rings is 1. The SMILES string of the molecule is C=C/C(=C\C)c1csc(C)n1. The Morgan fingerprint density at radius 2 is 2.45 bits per heavy atom. The molecule has 0 saturated carbocycles. The Labute approximate surface area is 71.1 Å². The Morgan fingerprint density at radius 1 is 1.73 bits per heavy atom. The van der Waals surface area contributed by atoms with Gasteiger partial charge in [0.15, 0.2) is 0 Å². The van der Waals surface area contributed by atoms with Crippen molar-refractivity contribution in [3.63, 3.8) is 0 Å². The molecule has 0 radical (unpaired) electrons. The number of hydrogen-bond donors (Lipinski definition) is 0. The third-order valence-electron chi connectivity index (χ3n) is 1.45. The summed E-state index contributed by atoms with van der Waals surface area (Å²) < 4.78 is 0. The van der Waals surface area contributed by atoms with Crippen LogP contribution in [-0.2, 0) is 0 Å². The third-order valence-corrected chi connectivity index (χ3v) is 2.22. The number of allylic oxidation sites excluding steroid dienone is 3. The van der Waals surface area contributed by atoms with Gasteiger partial charge in [-0.3, -0.25) is 0 Å². The van der Waals surface area contributed by atoms with Gasteiger partial charge in [0.2, 0.25) is 0 Å². The van der Waals surface area contributed by atoms with Crippen LogP contribution >= 0.6 is 11.3 Å². The van der Waals surface area contributed by atoms with Crippen molar-refractivity contribution in [2.45, 2.75) is 13.8 Å². The summed E-state index contributed by atoms with van der Waals surface area (Å²) >= 11 is 1.66. The summed E-state index contributed by atoms with van der Waals surface area (Å²) in [4.78, 5) is 4.33. The fourth-order valence-electron chi connectivity index (χ4n) is 0.866. The summed E-state index contributed by atoms with van der Waals surface area (Å²) in [6, 6.07) is 0. The van der Waals surface area contributed by atoms with Gasteiger partial charge in [-0.1, -0.05) is 18.7 Å². The largest absolute Gasteiger partial charge is 0.242 e. The monoisotopic (exact) mass is 165 g/mol. The Hall–Kier alpha value is -0.890. The zero-order chi connectivity index (χ0) is 8.27. The molecule has 1 heterocycles. The van der Waals surface area contributed by atoms with E-state index < -0.39 is 0 Å². The van der Waals surface area contributed by atoms with Crippen LogP contribution in [0.5, 0.6) is 0 Å². The van der Waals surface area contributed by atoms with Crippen molar-refractivity contribution < 1.29 is 0 Å². The molecule has 1 aromatic rings. The second-order valence-corrected chi connectivity index (χ2v) is 3.26. The van der Waals surface area contributed by atoms with Crippen molar-refractivity contribution >= 4 is 16.9 Å². The van der Waals surface area contributed by atoms with Crippen LogP contribution in [0.1, 0.15) is 17.6 Å². The Bertz CT molecular complexity index is 284. The Morgan fingerprint density at radius 3 is 2.82 bits per heavy atom. The minimum absolute atomic E-state index is 1.03. The summed E-state index contributed by atoms with van der Waals surface area (Å²) in [5, 5.41) is 3.15. The van der Waals surface area contributed by atoms with E-state index in [1.54, 1.807) is 11.3 Å². The summed E-state index contributed by atoms with van der Waals surface area (Å²) in [5.41, 5.74) is 2.14. The molecule has 1 rings (SSSR count). The van der Waals surface area contributed by atoms with Gasteiger partial charge in [0.25, 0.3) is 0 Å². The number of aromatic nitrogens is 1. The van der Waals surface area contributed by atoms with Crippen LogP contribution in [0.3, 0.4) is 0 Å². The fourth-order valence-corrected chi connectivity index (χ4v) is 1.49. The molecule has 0 aliphatic heterocycles. The van der Waals surface area contributed by atoms with Gasteiger partial charge in [-0.2, -0.15) is 0 Å². The van der Waals surface area contributed by atoms with Crippen LogP contribution in [-0.4, -0.2) is 4.98 Å². The second-order valence-electron chi connectivity index (χ2n) is 2.20. The molecule has 0 aliphatic carbocycles. The minimum Gasteiger partial charge on any atom is -0.242 e. The molecular formula is C9H11NS. The molecule has 0 aromatic carbocycles. The maximum absolute atomic E-state index is 4.33. The highest BCUT2D eigenvalue weighted by Gasteiger charge is 1.99. The molecular weight excluding hydrogens is 154 g/mol. The first kappa shape index (κ1) is 8.21. The Kier molecular flexibility index (Phi) is 2.60. The standard InChI is InChI=1S/C9H11NS/c1-4-8(5-2)9-6-11-7(3)10-9/h4-6H,1H2,2-3H3/b8-5+. The molecule has 0 saturated heterocycles. The average molecular weight is 165 g/mol. The molecule has 0 spiro atoms. The minimum atomic E-state index is 1.03. The van der Waals surface area contributed by atoms with Crippen molar-refractivity contribution in [1.82, 2.24) is 4.98 Å². The zero-order valence-electron chi connectivity index (χ0n) is 6.79. The van der Waals surface area contributed by atoms with Gasteiger partial charge >= 0.3 is 0 Å². The lowest BCUT2D eigenvalue weighted by Crippen LogP contribution is -1.79. The number of rotatable bonds is 2. The lowest BCUT2D eigenvalue weighted by Gasteiger charge is -1.92. The van der Waals surface area contributed by atoms with Gasteiger partial charge in [-0.05, 0) is 19.4 Å². The van der Waals surface area contributed by atoms with E-state index in [0.29, 0.717) is 0 Å². The van der Waals surface area contributed by atoms with Crippen LogP contribution in [0.4, 0.5) is 0 Å². The van der Waals surface area contributed by atoms with E-state index in [2.05, 4.69) is 11.6 Å². The molecule has 0 amide bonds. The lowest BCUT2D eigenvalue weighted by atomic mass is 10.2. The first-order valence-electron chi connectivity index (χ1n) is 3.49. The fraction of sp³-hybridized carbons (Fsp3) is 0.222. The van der Waals surface area contributed by atoms with Gasteiger partial charge in [0.05, 0.1) is 10.7 Å². The highest BCUT2D eigenvalue weighted by Crippen LogP contribution is 2.17. The molecule has 0 fully saturated rings. The van der Waals surface area contributed by atoms with Crippen molar-refractivity contribution in [3.05, 3.63) is 34.8 Å². The quantitative estimate of drug-likeness (QED) is 0.614. The van der Waals surface area contributed by atoms with E-state index in [0.717, 1.165) is 16.3 Å². The molecule has 11 heavy (non-hydrogen) atoms. The summed E-state index contributed by atoms with van der Waals surface area (Å²) in [6.07, 6.45) is 3.84. The summed E-state index contributed by atoms with van der Waals surface area (Å²) in [5.74, 6) is 0. The third kappa shape index (κ3) is 1.77. The summed E-state index contributed by atoms with van der Waals surface area (Å²) in [6.45, 7) is 7.71. The first-order valence-corrected chi connectivity index (χ1v) is 4.37. The highest BCUT2D eigenvalue weighted by atomic mass is 32.1. The molecule has 2 heteroatoms. The van der Waals surface area contributed by atoms with Crippen molar-refractivity contribution in [2.75, 3.05) is 0 Å². The van der Waals surface area contributed by atoms with Crippen molar-refractivity contribution in [1.29, 1.82) is 0 Å². The van der Waals surface area contributed by atoms with Gasteiger partial charge < -0.3 is 0 Å². The topological polar surface area (TPSA) is 12.9 Å². The molecule has 1 nitrogen and oxygen atoms in total. The predicted molar refractivity (Wildman–Crippen MR) is 50.7 cm³/mol. The lowest BCUT2D eigenvalue weighted by molar-refractivity contribution is 1.26. The van der Waals surface area contributed by atoms with E-state index in [1.165, 1.54) is 0 Å². The van der Waals surface area contributed by atoms with E-state index in [4.69, 9.17) is 0 Å². The molecule has 0 bridgehead atoms. The zero-order valence-corrected chi connectivity index (χ0v) is 7.61. The van der Waals surface area contributed by atoms with Crippen LogP contribution in [0.2, 0.25) is 0 Å². The highest BCUT2D eigenvalue weighted by molar-refractivity contribution is 7.09. The number of aryl methyl sites for hydroxylation is 1. The molecule has 1 aromatic heterocycles. The molecule has 0 unspecified atom stereocenters. The van der Waals surface area contributed by atoms with E-state index in [1.807, 2.05) is 31.4 Å². The number of hydrogen-bond acceptors (Lipinski definition) is 2. The maximum Gasteiger partial charge on any atom is 0.0901 e. The number of nitrogens with zero attached hydrogens (tertiary/aromatic N) is 1.